The SMILES string of the molecule is CCC(Cc1ccc(N(C)C)cc1)C(=O)Cl. The molecule has 1 aromatic rings. The molecule has 0 saturated heterocycles. The van der Waals surface area contributed by atoms with E-state index in [9.17, 15) is 4.79 Å². The number of hydrogen-bond acceptors (Lipinski definition) is 2. The van der Waals surface area contributed by atoms with Crippen molar-refractivity contribution in [1.82, 2.24) is 0 Å². The number of rotatable bonds is 5. The number of halogens is 1. The first-order valence-corrected chi connectivity index (χ1v) is 5.88. The van der Waals surface area contributed by atoms with Crippen LogP contribution in [-0.4, -0.2) is 19.3 Å². The Kier molecular flexibility index (Phi) is 4.81. The van der Waals surface area contributed by atoms with Gasteiger partial charge in [-0.1, -0.05) is 19.1 Å². The van der Waals surface area contributed by atoms with Gasteiger partial charge in [-0.05, 0) is 42.1 Å². The van der Waals surface area contributed by atoms with Gasteiger partial charge in [-0.3, -0.25) is 4.79 Å². The predicted molar refractivity (Wildman–Crippen MR) is 69.1 cm³/mol. The van der Waals surface area contributed by atoms with Gasteiger partial charge in [0.05, 0.1) is 0 Å². The van der Waals surface area contributed by atoms with Crippen molar-refractivity contribution in [2.75, 3.05) is 19.0 Å². The fourth-order valence-electron chi connectivity index (χ4n) is 1.60. The molecule has 2 nitrogen and oxygen atoms in total. The van der Waals surface area contributed by atoms with Crippen molar-refractivity contribution in [2.45, 2.75) is 19.8 Å². The molecule has 1 rings (SSSR count). The number of carbonyl (C=O) groups excluding carboxylic acids is 1. The highest BCUT2D eigenvalue weighted by molar-refractivity contribution is 6.64. The Morgan fingerprint density at radius 1 is 1.31 bits per heavy atom. The molecule has 0 heterocycles. The summed E-state index contributed by atoms with van der Waals surface area (Å²) in [5, 5.41) is -0.237. The van der Waals surface area contributed by atoms with Gasteiger partial charge in [0, 0.05) is 25.7 Å². The van der Waals surface area contributed by atoms with Crippen molar-refractivity contribution in [3.8, 4) is 0 Å². The van der Waals surface area contributed by atoms with Crippen LogP contribution in [0.1, 0.15) is 18.9 Å². The van der Waals surface area contributed by atoms with Crippen molar-refractivity contribution in [3.05, 3.63) is 29.8 Å². The molecular weight excluding hydrogens is 222 g/mol. The van der Waals surface area contributed by atoms with Crippen molar-refractivity contribution < 1.29 is 4.79 Å². The summed E-state index contributed by atoms with van der Waals surface area (Å²) in [5.74, 6) is -0.0631. The van der Waals surface area contributed by atoms with Crippen LogP contribution in [0.5, 0.6) is 0 Å². The van der Waals surface area contributed by atoms with Gasteiger partial charge in [-0.15, -0.1) is 0 Å². The maximum absolute atomic E-state index is 11.1. The molecule has 1 aromatic carbocycles. The second-order valence-electron chi connectivity index (χ2n) is 4.17. The van der Waals surface area contributed by atoms with Gasteiger partial charge >= 0.3 is 0 Å². The van der Waals surface area contributed by atoms with Crippen LogP contribution in [0.2, 0.25) is 0 Å². The average molecular weight is 240 g/mol. The van der Waals surface area contributed by atoms with Crippen molar-refractivity contribution in [3.63, 3.8) is 0 Å². The maximum atomic E-state index is 11.1. The summed E-state index contributed by atoms with van der Waals surface area (Å²) in [7, 11) is 4.01. The third kappa shape index (κ3) is 3.53. The highest BCUT2D eigenvalue weighted by atomic mass is 35.5. The van der Waals surface area contributed by atoms with E-state index in [2.05, 4.69) is 24.3 Å². The Labute approximate surface area is 102 Å². The first kappa shape index (κ1) is 13.0. The van der Waals surface area contributed by atoms with Crippen molar-refractivity contribution in [2.24, 2.45) is 5.92 Å². The second-order valence-corrected chi connectivity index (χ2v) is 4.55. The Morgan fingerprint density at radius 2 is 1.88 bits per heavy atom. The molecule has 0 bridgehead atoms. The van der Waals surface area contributed by atoms with Gasteiger partial charge in [0.25, 0.3) is 0 Å². The standard InChI is InChI=1S/C13H18ClNO/c1-4-11(13(14)16)9-10-5-7-12(8-6-10)15(2)3/h5-8,11H,4,9H2,1-3H3. The van der Waals surface area contributed by atoms with Crippen LogP contribution in [0.15, 0.2) is 24.3 Å². The number of benzene rings is 1. The first-order valence-electron chi connectivity index (χ1n) is 5.50. The molecule has 0 amide bonds. The molecule has 3 heteroatoms. The van der Waals surface area contributed by atoms with Gasteiger partial charge in [0.2, 0.25) is 5.24 Å². The highest BCUT2D eigenvalue weighted by Gasteiger charge is 2.14. The molecule has 0 radical (unpaired) electrons. The Bertz CT molecular complexity index is 345. The average Bonchev–Trinajstić information content (AvgIpc) is 2.26. The highest BCUT2D eigenvalue weighted by Crippen LogP contribution is 2.18. The molecule has 0 aromatic heterocycles. The fourth-order valence-corrected chi connectivity index (χ4v) is 1.83. The molecule has 16 heavy (non-hydrogen) atoms. The summed E-state index contributed by atoms with van der Waals surface area (Å²) in [6.45, 7) is 1.99. The maximum Gasteiger partial charge on any atom is 0.225 e. The minimum Gasteiger partial charge on any atom is -0.378 e. The molecule has 1 atom stereocenters. The zero-order chi connectivity index (χ0) is 12.1. The van der Waals surface area contributed by atoms with Gasteiger partial charge in [-0.25, -0.2) is 0 Å². The van der Waals surface area contributed by atoms with Crippen LogP contribution in [0.25, 0.3) is 0 Å². The van der Waals surface area contributed by atoms with Gasteiger partial charge < -0.3 is 4.90 Å². The Morgan fingerprint density at radius 3 is 2.25 bits per heavy atom. The van der Waals surface area contributed by atoms with Gasteiger partial charge in [-0.2, -0.15) is 0 Å². The number of anilines is 1. The second kappa shape index (κ2) is 5.90. The lowest BCUT2D eigenvalue weighted by Crippen LogP contribution is -2.11. The number of hydrogen-bond donors (Lipinski definition) is 0. The topological polar surface area (TPSA) is 20.3 Å². The molecule has 0 saturated carbocycles. The van der Waals surface area contributed by atoms with E-state index in [1.165, 1.54) is 0 Å². The van der Waals surface area contributed by atoms with E-state index in [1.807, 2.05) is 25.9 Å². The molecule has 0 spiro atoms. The van der Waals surface area contributed by atoms with Crippen LogP contribution < -0.4 is 4.90 Å². The fraction of sp³-hybridized carbons (Fsp3) is 0.462. The molecule has 0 aliphatic heterocycles. The zero-order valence-corrected chi connectivity index (χ0v) is 10.8. The van der Waals surface area contributed by atoms with E-state index in [-0.39, 0.29) is 11.2 Å². The van der Waals surface area contributed by atoms with E-state index in [0.29, 0.717) is 0 Å². The summed E-state index contributed by atoms with van der Waals surface area (Å²) >= 11 is 5.53. The van der Waals surface area contributed by atoms with Gasteiger partial charge in [0.1, 0.15) is 0 Å². The monoisotopic (exact) mass is 239 g/mol. The van der Waals surface area contributed by atoms with Crippen molar-refractivity contribution >= 4 is 22.5 Å². The lowest BCUT2D eigenvalue weighted by atomic mass is 9.98. The summed E-state index contributed by atoms with van der Waals surface area (Å²) in [6.07, 6.45) is 1.52. The lowest BCUT2D eigenvalue weighted by Gasteiger charge is -2.14. The first-order chi connectivity index (χ1) is 7.54. The van der Waals surface area contributed by atoms with Crippen molar-refractivity contribution in [1.29, 1.82) is 0 Å². The van der Waals surface area contributed by atoms with E-state index in [1.54, 1.807) is 0 Å². The zero-order valence-electron chi connectivity index (χ0n) is 10.0. The van der Waals surface area contributed by atoms with E-state index >= 15 is 0 Å². The predicted octanol–water partition coefficient (Wildman–Crippen LogP) is 3.09. The third-order valence-corrected chi connectivity index (χ3v) is 3.06. The minimum atomic E-state index is -0.237. The molecule has 0 fully saturated rings. The summed E-state index contributed by atoms with van der Waals surface area (Å²) in [5.41, 5.74) is 2.32. The summed E-state index contributed by atoms with van der Waals surface area (Å²) < 4.78 is 0. The van der Waals surface area contributed by atoms with Crippen LogP contribution in [0.4, 0.5) is 5.69 Å². The lowest BCUT2D eigenvalue weighted by molar-refractivity contribution is -0.115. The third-order valence-electron chi connectivity index (χ3n) is 2.75. The van der Waals surface area contributed by atoms with Crippen LogP contribution >= 0.6 is 11.6 Å². The molecule has 0 N–H and O–H groups in total. The van der Waals surface area contributed by atoms with Crippen LogP contribution in [-0.2, 0) is 11.2 Å². The van der Waals surface area contributed by atoms with E-state index < -0.39 is 0 Å². The van der Waals surface area contributed by atoms with Gasteiger partial charge in [0.15, 0.2) is 0 Å². The molecule has 0 aliphatic rings. The quantitative estimate of drug-likeness (QED) is 0.736. The largest absolute Gasteiger partial charge is 0.378 e. The Balaban J connectivity index is 2.71. The smallest absolute Gasteiger partial charge is 0.225 e. The van der Waals surface area contributed by atoms with Crippen LogP contribution in [0, 0.1) is 5.92 Å². The molecular formula is C13H18ClNO. The normalized spacial score (nSPS) is 12.2. The summed E-state index contributed by atoms with van der Waals surface area (Å²) in [4.78, 5) is 13.2. The molecule has 0 aliphatic carbocycles. The van der Waals surface area contributed by atoms with E-state index in [4.69, 9.17) is 11.6 Å². The molecule has 88 valence electrons. The Hall–Kier alpha value is -1.02. The summed E-state index contributed by atoms with van der Waals surface area (Å²) in [6, 6.07) is 8.22. The van der Waals surface area contributed by atoms with E-state index in [0.717, 1.165) is 24.1 Å². The number of nitrogens with zero attached hydrogens (tertiary/aromatic N) is 1. The molecule has 1 unspecified atom stereocenters. The van der Waals surface area contributed by atoms with Crippen LogP contribution in [0.3, 0.4) is 0 Å². The number of carbonyl (C=O) groups is 1. The minimum absolute atomic E-state index is 0.0631.